The summed E-state index contributed by atoms with van der Waals surface area (Å²) >= 11 is 0. The van der Waals surface area contributed by atoms with E-state index in [0.29, 0.717) is 24.7 Å². The van der Waals surface area contributed by atoms with Gasteiger partial charge in [-0.2, -0.15) is 0 Å². The molecule has 2 aromatic heterocycles. The van der Waals surface area contributed by atoms with E-state index in [2.05, 4.69) is 26.4 Å². The smallest absolute Gasteiger partial charge is 0.224 e. The van der Waals surface area contributed by atoms with Gasteiger partial charge in [0.2, 0.25) is 5.91 Å². The molecule has 2 N–H and O–H groups in total. The highest BCUT2D eigenvalue weighted by atomic mass is 16.2. The lowest BCUT2D eigenvalue weighted by molar-refractivity contribution is -0.133. The second kappa shape index (κ2) is 8.09. The summed E-state index contributed by atoms with van der Waals surface area (Å²) in [5.41, 5.74) is 6.74. The van der Waals surface area contributed by atoms with Gasteiger partial charge in [0.15, 0.2) is 0 Å². The Kier molecular flexibility index (Phi) is 5.63. The van der Waals surface area contributed by atoms with Crippen LogP contribution in [0.4, 0.5) is 5.82 Å². The fraction of sp³-hybridized carbons (Fsp3) is 0.556. The van der Waals surface area contributed by atoms with Crippen molar-refractivity contribution in [1.82, 2.24) is 24.4 Å². The molecule has 0 aliphatic carbocycles. The first-order valence-electron chi connectivity index (χ1n) is 9.00. The molecule has 1 unspecified atom stereocenters. The normalized spacial score (nSPS) is 17.6. The number of hydrogen-bond acceptors (Lipinski definition) is 5. The summed E-state index contributed by atoms with van der Waals surface area (Å²) in [4.78, 5) is 27.3. The van der Waals surface area contributed by atoms with Crippen LogP contribution >= 0.6 is 0 Å². The maximum absolute atomic E-state index is 12.6. The molecule has 1 fully saturated rings. The molecule has 3 heterocycles. The fourth-order valence-corrected chi connectivity index (χ4v) is 3.50. The molecule has 0 aromatic carbocycles. The van der Waals surface area contributed by atoms with Gasteiger partial charge in [-0.25, -0.2) is 9.97 Å². The van der Waals surface area contributed by atoms with Crippen LogP contribution in [0.5, 0.6) is 0 Å². The zero-order valence-electron chi connectivity index (χ0n) is 14.8. The number of carbonyl (C=O) groups is 1. The van der Waals surface area contributed by atoms with E-state index >= 15 is 0 Å². The number of likely N-dealkylation sites (tertiary alicyclic amines) is 1. The average Bonchev–Trinajstić information content (AvgIpc) is 3.09. The first-order chi connectivity index (χ1) is 12.2. The molecule has 25 heavy (non-hydrogen) atoms. The maximum Gasteiger partial charge on any atom is 0.224 e. The van der Waals surface area contributed by atoms with Crippen molar-refractivity contribution in [2.75, 3.05) is 18.8 Å². The summed E-state index contributed by atoms with van der Waals surface area (Å²) in [6.45, 7) is 4.39. The second-order valence-electron chi connectivity index (χ2n) is 6.58. The number of anilines is 1. The summed E-state index contributed by atoms with van der Waals surface area (Å²) in [6, 6.07) is 0. The first kappa shape index (κ1) is 17.4. The van der Waals surface area contributed by atoms with Crippen LogP contribution < -0.4 is 5.73 Å². The molecule has 1 aliphatic rings. The molecule has 1 saturated heterocycles. The summed E-state index contributed by atoms with van der Waals surface area (Å²) < 4.78 is 2.07. The molecule has 3 rings (SSSR count). The lowest BCUT2D eigenvalue weighted by atomic mass is 9.93. The Hall–Kier alpha value is -2.44. The Morgan fingerprint density at radius 1 is 1.28 bits per heavy atom. The second-order valence-corrected chi connectivity index (χ2v) is 6.58. The monoisotopic (exact) mass is 342 g/mol. The summed E-state index contributed by atoms with van der Waals surface area (Å²) in [5.74, 6) is 2.14. The Morgan fingerprint density at radius 3 is 2.92 bits per heavy atom. The van der Waals surface area contributed by atoms with E-state index in [1.54, 1.807) is 18.6 Å². The SMILES string of the molecule is CCc1nccn1CCC(=O)N1CCCC(Cc2nccnc2N)C1. The average molecular weight is 342 g/mol. The van der Waals surface area contributed by atoms with E-state index in [1.807, 2.05) is 11.1 Å². The quantitative estimate of drug-likeness (QED) is 0.863. The lowest BCUT2D eigenvalue weighted by Gasteiger charge is -2.33. The Balaban J connectivity index is 1.54. The van der Waals surface area contributed by atoms with Gasteiger partial charge in [0.25, 0.3) is 0 Å². The van der Waals surface area contributed by atoms with Crippen LogP contribution in [-0.4, -0.2) is 43.4 Å². The van der Waals surface area contributed by atoms with Crippen molar-refractivity contribution in [2.24, 2.45) is 5.92 Å². The molecular weight excluding hydrogens is 316 g/mol. The first-order valence-corrected chi connectivity index (χ1v) is 9.00. The molecule has 0 saturated carbocycles. The number of amides is 1. The van der Waals surface area contributed by atoms with Crippen LogP contribution in [0.1, 0.15) is 37.7 Å². The molecule has 7 nitrogen and oxygen atoms in total. The van der Waals surface area contributed by atoms with E-state index in [1.165, 1.54) is 0 Å². The van der Waals surface area contributed by atoms with Crippen LogP contribution in [0.25, 0.3) is 0 Å². The van der Waals surface area contributed by atoms with Crippen LogP contribution in [0.2, 0.25) is 0 Å². The van der Waals surface area contributed by atoms with Crippen molar-refractivity contribution < 1.29 is 4.79 Å². The van der Waals surface area contributed by atoms with Crippen molar-refractivity contribution in [2.45, 2.75) is 45.6 Å². The van der Waals surface area contributed by atoms with Crippen molar-refractivity contribution >= 4 is 11.7 Å². The molecule has 2 aromatic rings. The van der Waals surface area contributed by atoms with Gasteiger partial charge in [-0.05, 0) is 25.2 Å². The number of piperidine rings is 1. The number of nitrogens with two attached hydrogens (primary N) is 1. The van der Waals surface area contributed by atoms with Crippen molar-refractivity contribution in [3.8, 4) is 0 Å². The largest absolute Gasteiger partial charge is 0.382 e. The number of nitrogens with zero attached hydrogens (tertiary/aromatic N) is 5. The Morgan fingerprint density at radius 2 is 2.12 bits per heavy atom. The summed E-state index contributed by atoms with van der Waals surface area (Å²) in [6.07, 6.45) is 11.3. The van der Waals surface area contributed by atoms with E-state index in [9.17, 15) is 4.79 Å². The maximum atomic E-state index is 12.6. The molecule has 0 bridgehead atoms. The molecular formula is C18H26N6O. The highest BCUT2D eigenvalue weighted by Crippen LogP contribution is 2.22. The minimum atomic E-state index is 0.215. The van der Waals surface area contributed by atoms with Gasteiger partial charge in [-0.3, -0.25) is 9.78 Å². The Labute approximate surface area is 148 Å². The third kappa shape index (κ3) is 4.35. The predicted molar refractivity (Wildman–Crippen MR) is 95.7 cm³/mol. The number of aryl methyl sites for hydroxylation is 2. The van der Waals surface area contributed by atoms with Gasteiger partial charge in [-0.15, -0.1) is 0 Å². The minimum absolute atomic E-state index is 0.215. The van der Waals surface area contributed by atoms with Gasteiger partial charge in [-0.1, -0.05) is 6.92 Å². The van der Waals surface area contributed by atoms with Crippen LogP contribution in [-0.2, 0) is 24.2 Å². The molecule has 1 amide bonds. The van der Waals surface area contributed by atoms with Gasteiger partial charge in [0.1, 0.15) is 11.6 Å². The zero-order chi connectivity index (χ0) is 17.6. The number of rotatable bonds is 6. The van der Waals surface area contributed by atoms with Crippen molar-refractivity contribution in [3.63, 3.8) is 0 Å². The van der Waals surface area contributed by atoms with E-state index in [4.69, 9.17) is 5.73 Å². The number of aromatic nitrogens is 4. The highest BCUT2D eigenvalue weighted by molar-refractivity contribution is 5.76. The van der Waals surface area contributed by atoms with Gasteiger partial charge in [0.05, 0.1) is 5.69 Å². The van der Waals surface area contributed by atoms with Crippen LogP contribution in [0.3, 0.4) is 0 Å². The number of hydrogen-bond donors (Lipinski definition) is 1. The third-order valence-electron chi connectivity index (χ3n) is 4.84. The molecule has 7 heteroatoms. The highest BCUT2D eigenvalue weighted by Gasteiger charge is 2.24. The lowest BCUT2D eigenvalue weighted by Crippen LogP contribution is -2.41. The number of carbonyl (C=O) groups excluding carboxylic acids is 1. The summed E-state index contributed by atoms with van der Waals surface area (Å²) in [7, 11) is 0. The fourth-order valence-electron chi connectivity index (χ4n) is 3.50. The van der Waals surface area contributed by atoms with E-state index < -0.39 is 0 Å². The minimum Gasteiger partial charge on any atom is -0.382 e. The Bertz CT molecular complexity index is 713. The van der Waals surface area contributed by atoms with Gasteiger partial charge in [0, 0.05) is 57.3 Å². The van der Waals surface area contributed by atoms with Crippen molar-refractivity contribution in [1.29, 1.82) is 0 Å². The zero-order valence-corrected chi connectivity index (χ0v) is 14.8. The molecule has 0 spiro atoms. The van der Waals surface area contributed by atoms with Gasteiger partial charge < -0.3 is 15.2 Å². The standard InChI is InChI=1S/C18H26N6O/c1-2-16-21-8-11-23(16)10-5-17(25)24-9-3-4-14(13-24)12-15-18(19)22-7-6-20-15/h6-8,11,14H,2-5,9-10,12-13H2,1H3,(H2,19,22). The van der Waals surface area contributed by atoms with E-state index in [-0.39, 0.29) is 5.91 Å². The van der Waals surface area contributed by atoms with Gasteiger partial charge >= 0.3 is 0 Å². The predicted octanol–water partition coefficient (Wildman–Crippen LogP) is 1.69. The van der Waals surface area contributed by atoms with Crippen LogP contribution in [0, 0.1) is 5.92 Å². The molecule has 0 radical (unpaired) electrons. The number of nitrogen functional groups attached to an aromatic ring is 1. The van der Waals surface area contributed by atoms with E-state index in [0.717, 1.165) is 50.3 Å². The van der Waals surface area contributed by atoms with Crippen LogP contribution in [0.15, 0.2) is 24.8 Å². The third-order valence-corrected chi connectivity index (χ3v) is 4.84. The topological polar surface area (TPSA) is 89.9 Å². The molecule has 134 valence electrons. The number of imidazole rings is 1. The summed E-state index contributed by atoms with van der Waals surface area (Å²) in [5, 5.41) is 0. The van der Waals surface area contributed by atoms with Crippen molar-refractivity contribution in [3.05, 3.63) is 36.3 Å². The molecule has 1 aliphatic heterocycles. The molecule has 1 atom stereocenters.